The number of para-hydroxylation sites is 1. The standard InChI is InChI=1S/C16H20N2O2.ClH/c1-11-13-5-3-4-6-14(13)20-15(11)16(19)18-8-7-12(10-18)9-17-2;/h3-6,12,17H,7-10H2,1-2H3;1H. The summed E-state index contributed by atoms with van der Waals surface area (Å²) in [5.41, 5.74) is 1.74. The van der Waals surface area contributed by atoms with Gasteiger partial charge in [0.15, 0.2) is 5.76 Å². The summed E-state index contributed by atoms with van der Waals surface area (Å²) in [4.78, 5) is 14.5. The van der Waals surface area contributed by atoms with E-state index in [0.29, 0.717) is 11.7 Å². The molecule has 0 spiro atoms. The maximum atomic E-state index is 12.6. The number of nitrogens with zero attached hydrogens (tertiary/aromatic N) is 1. The van der Waals surface area contributed by atoms with Gasteiger partial charge in [0.2, 0.25) is 0 Å². The molecule has 1 aliphatic heterocycles. The number of amides is 1. The van der Waals surface area contributed by atoms with Crippen molar-refractivity contribution < 1.29 is 9.21 Å². The van der Waals surface area contributed by atoms with Crippen LogP contribution in [0.5, 0.6) is 0 Å². The predicted molar refractivity (Wildman–Crippen MR) is 86.1 cm³/mol. The third kappa shape index (κ3) is 2.92. The largest absolute Gasteiger partial charge is 0.451 e. The molecule has 4 nitrogen and oxygen atoms in total. The molecule has 1 atom stereocenters. The van der Waals surface area contributed by atoms with Crippen LogP contribution >= 0.6 is 12.4 Å². The fourth-order valence-electron chi connectivity index (χ4n) is 2.99. The first-order valence-corrected chi connectivity index (χ1v) is 7.12. The molecule has 0 aliphatic carbocycles. The number of benzene rings is 1. The molecular weight excluding hydrogens is 288 g/mol. The molecule has 0 saturated carbocycles. The Morgan fingerprint density at radius 2 is 2.19 bits per heavy atom. The molecule has 21 heavy (non-hydrogen) atoms. The van der Waals surface area contributed by atoms with E-state index in [-0.39, 0.29) is 18.3 Å². The maximum Gasteiger partial charge on any atom is 0.289 e. The van der Waals surface area contributed by atoms with Crippen molar-refractivity contribution >= 4 is 29.3 Å². The van der Waals surface area contributed by atoms with Crippen LogP contribution in [0.3, 0.4) is 0 Å². The highest BCUT2D eigenvalue weighted by molar-refractivity contribution is 5.99. The van der Waals surface area contributed by atoms with E-state index in [9.17, 15) is 4.79 Å². The van der Waals surface area contributed by atoms with E-state index in [2.05, 4.69) is 5.32 Å². The molecule has 1 saturated heterocycles. The van der Waals surface area contributed by atoms with E-state index in [4.69, 9.17) is 4.42 Å². The number of furan rings is 1. The van der Waals surface area contributed by atoms with Crippen molar-refractivity contribution in [2.24, 2.45) is 5.92 Å². The Bertz CT molecular complexity index is 638. The summed E-state index contributed by atoms with van der Waals surface area (Å²) < 4.78 is 5.76. The van der Waals surface area contributed by atoms with Gasteiger partial charge >= 0.3 is 0 Å². The van der Waals surface area contributed by atoms with Gasteiger partial charge in [0.1, 0.15) is 5.58 Å². The van der Waals surface area contributed by atoms with E-state index >= 15 is 0 Å². The van der Waals surface area contributed by atoms with E-state index < -0.39 is 0 Å². The summed E-state index contributed by atoms with van der Waals surface area (Å²) in [6.07, 6.45) is 1.06. The van der Waals surface area contributed by atoms with Crippen molar-refractivity contribution in [3.05, 3.63) is 35.6 Å². The first-order chi connectivity index (χ1) is 9.70. The zero-order valence-corrected chi connectivity index (χ0v) is 13.2. The number of nitrogens with one attached hydrogen (secondary N) is 1. The van der Waals surface area contributed by atoms with Crippen LogP contribution in [0.4, 0.5) is 0 Å². The molecule has 114 valence electrons. The summed E-state index contributed by atoms with van der Waals surface area (Å²) >= 11 is 0. The molecule has 1 N–H and O–H groups in total. The lowest BCUT2D eigenvalue weighted by Gasteiger charge is -2.15. The summed E-state index contributed by atoms with van der Waals surface area (Å²) in [5.74, 6) is 1.07. The van der Waals surface area contributed by atoms with E-state index in [1.54, 1.807) is 0 Å². The Hall–Kier alpha value is -1.52. The molecule has 1 aliphatic rings. The summed E-state index contributed by atoms with van der Waals surface area (Å²) in [7, 11) is 1.95. The number of hydrogen-bond acceptors (Lipinski definition) is 3. The molecule has 1 fully saturated rings. The van der Waals surface area contributed by atoms with E-state index in [0.717, 1.165) is 42.6 Å². The van der Waals surface area contributed by atoms with E-state index in [1.165, 1.54) is 0 Å². The third-order valence-electron chi connectivity index (χ3n) is 4.10. The van der Waals surface area contributed by atoms with Crippen molar-refractivity contribution in [1.29, 1.82) is 0 Å². The lowest BCUT2D eigenvalue weighted by atomic mass is 10.1. The Labute approximate surface area is 130 Å². The van der Waals surface area contributed by atoms with Crippen molar-refractivity contribution in [3.8, 4) is 0 Å². The molecule has 0 bridgehead atoms. The SMILES string of the molecule is CNCC1CCN(C(=O)c2oc3ccccc3c2C)C1.Cl. The van der Waals surface area contributed by atoms with Crippen molar-refractivity contribution in [1.82, 2.24) is 10.2 Å². The summed E-state index contributed by atoms with van der Waals surface area (Å²) in [6.45, 7) is 4.56. The smallest absolute Gasteiger partial charge is 0.289 e. The lowest BCUT2D eigenvalue weighted by molar-refractivity contribution is 0.0757. The van der Waals surface area contributed by atoms with Crippen LogP contribution in [0.1, 0.15) is 22.5 Å². The normalized spacial score (nSPS) is 18.0. The van der Waals surface area contributed by atoms with Crippen LogP contribution in [0.2, 0.25) is 0 Å². The highest BCUT2D eigenvalue weighted by atomic mass is 35.5. The fraction of sp³-hybridized carbons (Fsp3) is 0.438. The second kappa shape index (κ2) is 6.50. The molecule has 5 heteroatoms. The van der Waals surface area contributed by atoms with Crippen LogP contribution in [0, 0.1) is 12.8 Å². The van der Waals surface area contributed by atoms with Gasteiger partial charge in [-0.2, -0.15) is 0 Å². The summed E-state index contributed by atoms with van der Waals surface area (Å²) in [5, 5.41) is 4.21. The van der Waals surface area contributed by atoms with E-state index in [1.807, 2.05) is 43.1 Å². The Balaban J connectivity index is 0.00000161. The molecule has 1 unspecified atom stereocenters. The van der Waals surface area contributed by atoms with Gasteiger partial charge in [-0.25, -0.2) is 0 Å². The van der Waals surface area contributed by atoms with Crippen LogP contribution in [-0.4, -0.2) is 37.5 Å². The van der Waals surface area contributed by atoms with Crippen LogP contribution in [0.15, 0.2) is 28.7 Å². The Morgan fingerprint density at radius 3 is 2.90 bits per heavy atom. The van der Waals surface area contributed by atoms with Gasteiger partial charge in [0.05, 0.1) is 0 Å². The second-order valence-corrected chi connectivity index (χ2v) is 5.52. The highest BCUT2D eigenvalue weighted by Gasteiger charge is 2.29. The average molecular weight is 309 g/mol. The molecule has 2 aromatic rings. The monoisotopic (exact) mass is 308 g/mol. The zero-order chi connectivity index (χ0) is 14.1. The average Bonchev–Trinajstić information content (AvgIpc) is 3.05. The second-order valence-electron chi connectivity index (χ2n) is 5.52. The molecule has 0 radical (unpaired) electrons. The highest BCUT2D eigenvalue weighted by Crippen LogP contribution is 2.27. The first-order valence-electron chi connectivity index (χ1n) is 7.12. The number of halogens is 1. The number of likely N-dealkylation sites (tertiary alicyclic amines) is 1. The number of rotatable bonds is 3. The molecule has 3 rings (SSSR count). The minimum absolute atomic E-state index is 0. The fourth-order valence-corrected chi connectivity index (χ4v) is 2.99. The Morgan fingerprint density at radius 1 is 1.43 bits per heavy atom. The minimum Gasteiger partial charge on any atom is -0.451 e. The van der Waals surface area contributed by atoms with Gasteiger partial charge in [-0.15, -0.1) is 12.4 Å². The van der Waals surface area contributed by atoms with Gasteiger partial charge < -0.3 is 14.6 Å². The van der Waals surface area contributed by atoms with Gasteiger partial charge in [-0.3, -0.25) is 4.79 Å². The quantitative estimate of drug-likeness (QED) is 0.948. The van der Waals surface area contributed by atoms with Gasteiger partial charge in [-0.1, -0.05) is 18.2 Å². The molecule has 2 heterocycles. The number of carbonyl (C=O) groups is 1. The van der Waals surface area contributed by atoms with Crippen LogP contribution in [0.25, 0.3) is 11.0 Å². The third-order valence-corrected chi connectivity index (χ3v) is 4.10. The Kier molecular flexibility index (Phi) is 4.91. The van der Waals surface area contributed by atoms with Gasteiger partial charge in [-0.05, 0) is 38.9 Å². The van der Waals surface area contributed by atoms with Crippen molar-refractivity contribution in [2.75, 3.05) is 26.7 Å². The van der Waals surface area contributed by atoms with Crippen LogP contribution in [-0.2, 0) is 0 Å². The van der Waals surface area contributed by atoms with Gasteiger partial charge in [0, 0.05) is 24.0 Å². The van der Waals surface area contributed by atoms with Crippen molar-refractivity contribution in [3.63, 3.8) is 0 Å². The minimum atomic E-state index is 0. The molecule has 1 amide bonds. The number of aryl methyl sites for hydroxylation is 1. The lowest BCUT2D eigenvalue weighted by Crippen LogP contribution is -2.30. The van der Waals surface area contributed by atoms with Crippen molar-refractivity contribution in [2.45, 2.75) is 13.3 Å². The predicted octanol–water partition coefficient (Wildman–Crippen LogP) is 2.84. The molecule has 1 aromatic heterocycles. The topological polar surface area (TPSA) is 45.5 Å². The maximum absolute atomic E-state index is 12.6. The summed E-state index contributed by atoms with van der Waals surface area (Å²) in [6, 6.07) is 7.81. The molecule has 1 aromatic carbocycles. The number of carbonyl (C=O) groups excluding carboxylic acids is 1. The zero-order valence-electron chi connectivity index (χ0n) is 12.4. The van der Waals surface area contributed by atoms with Gasteiger partial charge in [0.25, 0.3) is 5.91 Å². The number of fused-ring (bicyclic) bond motifs is 1. The first kappa shape index (κ1) is 15.9. The molecular formula is C16H21ClN2O2. The van der Waals surface area contributed by atoms with Crippen LogP contribution < -0.4 is 5.32 Å². The number of hydrogen-bond donors (Lipinski definition) is 1.